The van der Waals surface area contributed by atoms with Gasteiger partial charge in [0, 0.05) is 10.9 Å². The molecule has 2 aromatic carbocycles. The Kier molecular flexibility index (Phi) is 5.20. The van der Waals surface area contributed by atoms with Crippen molar-refractivity contribution in [1.82, 2.24) is 4.98 Å². The largest absolute Gasteiger partial charge is 0.263 e. The number of rotatable bonds is 6. The number of hydrogen-bond acceptors (Lipinski definition) is 4. The van der Waals surface area contributed by atoms with Crippen LogP contribution in [-0.4, -0.2) is 13.4 Å². The number of nitrogens with zero attached hydrogens (tertiary/aromatic N) is 1. The zero-order valence-electron chi connectivity index (χ0n) is 14.1. The molecule has 0 aliphatic heterocycles. The van der Waals surface area contributed by atoms with Gasteiger partial charge in [0.1, 0.15) is 0 Å². The third-order valence-corrected chi connectivity index (χ3v) is 5.91. The molecule has 3 aromatic rings. The number of benzene rings is 2. The van der Waals surface area contributed by atoms with Gasteiger partial charge < -0.3 is 0 Å². The van der Waals surface area contributed by atoms with Gasteiger partial charge >= 0.3 is 0 Å². The Hall–Kier alpha value is -2.18. The van der Waals surface area contributed by atoms with Crippen molar-refractivity contribution >= 4 is 26.5 Å². The van der Waals surface area contributed by atoms with E-state index in [0.29, 0.717) is 11.0 Å². The van der Waals surface area contributed by atoms with Gasteiger partial charge in [0.05, 0.1) is 10.6 Å². The topological polar surface area (TPSA) is 59.1 Å². The summed E-state index contributed by atoms with van der Waals surface area (Å²) in [6, 6.07) is 16.6. The van der Waals surface area contributed by atoms with E-state index in [1.807, 2.05) is 17.5 Å². The van der Waals surface area contributed by atoms with Crippen molar-refractivity contribution in [3.05, 3.63) is 65.5 Å². The van der Waals surface area contributed by atoms with Gasteiger partial charge in [-0.2, -0.15) is 0 Å². The van der Waals surface area contributed by atoms with Gasteiger partial charge in [-0.3, -0.25) is 4.72 Å². The summed E-state index contributed by atoms with van der Waals surface area (Å²) >= 11 is 1.28. The lowest BCUT2D eigenvalue weighted by Crippen LogP contribution is -2.12. The molecule has 3 rings (SSSR count). The van der Waals surface area contributed by atoms with Crippen LogP contribution in [0, 0.1) is 5.92 Å². The van der Waals surface area contributed by atoms with Crippen molar-refractivity contribution in [3.63, 3.8) is 0 Å². The standard InChI is InChI=1S/C19H20N2O2S2/c1-14(2)12-15-8-10-16(11-9-15)18-13-24-19(20-18)21-25(22,23)17-6-4-3-5-7-17/h3-11,13-14H,12H2,1-2H3,(H,20,21). The van der Waals surface area contributed by atoms with E-state index < -0.39 is 10.0 Å². The first-order valence-corrected chi connectivity index (χ1v) is 10.4. The van der Waals surface area contributed by atoms with Crippen molar-refractivity contribution in [2.75, 3.05) is 4.72 Å². The molecule has 1 heterocycles. The molecule has 0 bridgehead atoms. The number of anilines is 1. The van der Waals surface area contributed by atoms with E-state index >= 15 is 0 Å². The van der Waals surface area contributed by atoms with E-state index in [4.69, 9.17) is 0 Å². The maximum absolute atomic E-state index is 12.4. The van der Waals surface area contributed by atoms with Crippen molar-refractivity contribution in [1.29, 1.82) is 0 Å². The second-order valence-corrected chi connectivity index (χ2v) is 8.79. The van der Waals surface area contributed by atoms with Gasteiger partial charge in [-0.15, -0.1) is 11.3 Å². The second-order valence-electron chi connectivity index (χ2n) is 6.25. The monoisotopic (exact) mass is 372 g/mol. The van der Waals surface area contributed by atoms with Crippen LogP contribution in [0.2, 0.25) is 0 Å². The molecule has 0 saturated heterocycles. The summed E-state index contributed by atoms with van der Waals surface area (Å²) in [5.74, 6) is 0.615. The first-order chi connectivity index (χ1) is 11.9. The lowest BCUT2D eigenvalue weighted by Gasteiger charge is -2.06. The molecule has 1 aromatic heterocycles. The number of aromatic nitrogens is 1. The number of thiazole rings is 1. The molecule has 130 valence electrons. The van der Waals surface area contributed by atoms with Crippen molar-refractivity contribution < 1.29 is 8.42 Å². The summed E-state index contributed by atoms with van der Waals surface area (Å²) < 4.78 is 27.2. The first-order valence-electron chi connectivity index (χ1n) is 8.07. The van der Waals surface area contributed by atoms with Gasteiger partial charge in [-0.05, 0) is 30.0 Å². The molecular formula is C19H20N2O2S2. The molecule has 0 radical (unpaired) electrons. The summed E-state index contributed by atoms with van der Waals surface area (Å²) in [7, 11) is -3.60. The van der Waals surface area contributed by atoms with Gasteiger partial charge in [0.25, 0.3) is 10.0 Å². The molecule has 4 nitrogen and oxygen atoms in total. The zero-order chi connectivity index (χ0) is 17.9. The minimum Gasteiger partial charge on any atom is -0.255 e. The summed E-state index contributed by atoms with van der Waals surface area (Å²) in [6.45, 7) is 4.39. The minimum atomic E-state index is -3.60. The van der Waals surface area contributed by atoms with E-state index in [9.17, 15) is 8.42 Å². The van der Waals surface area contributed by atoms with E-state index in [2.05, 4.69) is 35.7 Å². The van der Waals surface area contributed by atoms with Crippen molar-refractivity contribution in [2.24, 2.45) is 5.92 Å². The normalized spacial score (nSPS) is 11.6. The smallest absolute Gasteiger partial charge is 0.255 e. The van der Waals surface area contributed by atoms with Crippen LogP contribution in [0.25, 0.3) is 11.3 Å². The first kappa shape index (κ1) is 17.6. The van der Waals surface area contributed by atoms with Gasteiger partial charge in [0.2, 0.25) is 0 Å². The predicted octanol–water partition coefficient (Wildman–Crippen LogP) is 4.81. The maximum Gasteiger partial charge on any atom is 0.263 e. The van der Waals surface area contributed by atoms with Crippen LogP contribution in [0.4, 0.5) is 5.13 Å². The van der Waals surface area contributed by atoms with Gasteiger partial charge in [-0.1, -0.05) is 56.3 Å². The molecule has 6 heteroatoms. The predicted molar refractivity (Wildman–Crippen MR) is 103 cm³/mol. The molecule has 0 unspecified atom stereocenters. The van der Waals surface area contributed by atoms with Crippen LogP contribution >= 0.6 is 11.3 Å². The van der Waals surface area contributed by atoms with Crippen molar-refractivity contribution in [3.8, 4) is 11.3 Å². The molecule has 0 aliphatic rings. The molecule has 0 aliphatic carbocycles. The summed E-state index contributed by atoms with van der Waals surface area (Å²) in [6.07, 6.45) is 1.04. The van der Waals surface area contributed by atoms with Crippen LogP contribution in [0.3, 0.4) is 0 Å². The summed E-state index contributed by atoms with van der Waals surface area (Å²) in [5.41, 5.74) is 3.04. The fraction of sp³-hybridized carbons (Fsp3) is 0.211. The molecule has 0 saturated carbocycles. The number of hydrogen-bond donors (Lipinski definition) is 1. The molecular weight excluding hydrogens is 352 g/mol. The third-order valence-electron chi connectivity index (χ3n) is 3.67. The molecule has 0 fully saturated rings. The zero-order valence-corrected chi connectivity index (χ0v) is 15.8. The van der Waals surface area contributed by atoms with Crippen LogP contribution in [0.5, 0.6) is 0 Å². The Balaban J connectivity index is 1.76. The highest BCUT2D eigenvalue weighted by molar-refractivity contribution is 7.93. The number of nitrogens with one attached hydrogen (secondary N) is 1. The highest BCUT2D eigenvalue weighted by Gasteiger charge is 2.16. The average Bonchev–Trinajstić information content (AvgIpc) is 3.03. The summed E-state index contributed by atoms with van der Waals surface area (Å²) in [4.78, 5) is 4.64. The Labute approximate surface area is 152 Å². The third kappa shape index (κ3) is 4.46. The maximum atomic E-state index is 12.4. The Morgan fingerprint density at radius 3 is 2.36 bits per heavy atom. The van der Waals surface area contributed by atoms with Gasteiger partial charge in [-0.25, -0.2) is 13.4 Å². The lowest BCUT2D eigenvalue weighted by atomic mass is 10.0. The van der Waals surface area contributed by atoms with E-state index in [-0.39, 0.29) is 4.90 Å². The van der Waals surface area contributed by atoms with E-state index in [0.717, 1.165) is 17.7 Å². The average molecular weight is 373 g/mol. The van der Waals surface area contributed by atoms with Crippen LogP contribution in [-0.2, 0) is 16.4 Å². The fourth-order valence-electron chi connectivity index (χ4n) is 2.51. The fourth-order valence-corrected chi connectivity index (χ4v) is 4.50. The molecule has 1 N–H and O–H groups in total. The quantitative estimate of drug-likeness (QED) is 0.675. The molecule has 0 amide bonds. The highest BCUT2D eigenvalue weighted by Crippen LogP contribution is 2.27. The SMILES string of the molecule is CC(C)Cc1ccc(-c2csc(NS(=O)(=O)c3ccccc3)n2)cc1. The van der Waals surface area contributed by atoms with Crippen LogP contribution < -0.4 is 4.72 Å². The highest BCUT2D eigenvalue weighted by atomic mass is 32.2. The Morgan fingerprint density at radius 2 is 1.72 bits per heavy atom. The molecule has 0 atom stereocenters. The van der Waals surface area contributed by atoms with E-state index in [1.54, 1.807) is 30.3 Å². The number of sulfonamides is 1. The van der Waals surface area contributed by atoms with Crippen LogP contribution in [0.15, 0.2) is 64.9 Å². The Morgan fingerprint density at radius 1 is 1.04 bits per heavy atom. The second kappa shape index (κ2) is 7.37. The van der Waals surface area contributed by atoms with Crippen molar-refractivity contribution in [2.45, 2.75) is 25.2 Å². The molecule has 25 heavy (non-hydrogen) atoms. The summed E-state index contributed by atoms with van der Waals surface area (Å²) in [5, 5.41) is 2.23. The van der Waals surface area contributed by atoms with Crippen LogP contribution in [0.1, 0.15) is 19.4 Å². The molecule has 0 spiro atoms. The van der Waals surface area contributed by atoms with Gasteiger partial charge in [0.15, 0.2) is 5.13 Å². The Bertz CT molecular complexity index is 931. The van der Waals surface area contributed by atoms with E-state index in [1.165, 1.54) is 16.9 Å². The lowest BCUT2D eigenvalue weighted by molar-refractivity contribution is 0.601. The minimum absolute atomic E-state index is 0.227.